The van der Waals surface area contributed by atoms with Crippen LogP contribution in [0.5, 0.6) is 0 Å². The summed E-state index contributed by atoms with van der Waals surface area (Å²) in [5, 5.41) is 0. The van der Waals surface area contributed by atoms with Crippen molar-refractivity contribution in [1.82, 2.24) is 0 Å². The SMILES string of the molecule is C[C@@H]1CCC[C@@](CN)(CP(=O)(O)O)C1.NCC1(CP(=O)(O)O)CCCCC1. The summed E-state index contributed by atoms with van der Waals surface area (Å²) in [5.74, 6) is 0.541. The second-order valence-corrected chi connectivity index (χ2v) is 12.1. The van der Waals surface area contributed by atoms with Crippen molar-refractivity contribution in [2.75, 3.05) is 25.4 Å². The minimum atomic E-state index is -3.92. The molecule has 0 aromatic carbocycles. The predicted octanol–water partition coefficient (Wildman–Crippen LogP) is 2.39. The van der Waals surface area contributed by atoms with Gasteiger partial charge in [-0.1, -0.05) is 39.0 Å². The first-order valence-corrected chi connectivity index (χ1v) is 13.4. The molecule has 10 heteroatoms. The molecule has 8 nitrogen and oxygen atoms in total. The molecule has 0 aromatic heterocycles. The van der Waals surface area contributed by atoms with E-state index in [2.05, 4.69) is 6.92 Å². The van der Waals surface area contributed by atoms with E-state index in [1.165, 1.54) is 6.42 Å². The Labute approximate surface area is 162 Å². The second-order valence-electron chi connectivity index (χ2n) is 8.82. The third-order valence-electron chi connectivity index (χ3n) is 6.05. The standard InChI is InChI=1S/C9H20NO3P.C8H18NO3P/c1-8-3-2-4-9(5-8,6-10)7-14(11,12)13;9-6-8(7-13(10,11)12)4-2-1-3-5-8/h8H,2-7,10H2,1H3,(H2,11,12,13);1-7,9H2,(H2,10,11,12)/t8-,9-;/m1./s1. The van der Waals surface area contributed by atoms with Gasteiger partial charge in [-0.15, -0.1) is 0 Å². The third-order valence-corrected chi connectivity index (χ3v) is 8.21. The van der Waals surface area contributed by atoms with Gasteiger partial charge in [-0.3, -0.25) is 9.13 Å². The van der Waals surface area contributed by atoms with E-state index in [1.807, 2.05) is 0 Å². The maximum atomic E-state index is 11.0. The van der Waals surface area contributed by atoms with Crippen molar-refractivity contribution in [2.45, 2.75) is 64.7 Å². The summed E-state index contributed by atoms with van der Waals surface area (Å²) >= 11 is 0. The average molecular weight is 428 g/mol. The molecule has 2 saturated carbocycles. The maximum Gasteiger partial charge on any atom is 0.326 e. The molecule has 0 bridgehead atoms. The van der Waals surface area contributed by atoms with Crippen molar-refractivity contribution in [3.8, 4) is 0 Å². The topological polar surface area (TPSA) is 167 Å². The first kappa shape index (κ1) is 25.3. The number of nitrogens with two attached hydrogens (primary N) is 2. The van der Waals surface area contributed by atoms with Gasteiger partial charge in [0.15, 0.2) is 0 Å². The smallest absolute Gasteiger partial charge is 0.326 e. The number of rotatable bonds is 6. The molecule has 2 aliphatic rings. The number of hydrogen-bond donors (Lipinski definition) is 6. The summed E-state index contributed by atoms with van der Waals surface area (Å²) in [7, 11) is -7.82. The van der Waals surface area contributed by atoms with Crippen molar-refractivity contribution in [3.05, 3.63) is 0 Å². The molecule has 0 aromatic rings. The van der Waals surface area contributed by atoms with Crippen LogP contribution in [0.2, 0.25) is 0 Å². The van der Waals surface area contributed by atoms with Crippen molar-refractivity contribution in [3.63, 3.8) is 0 Å². The minimum absolute atomic E-state index is 0.0312. The maximum absolute atomic E-state index is 11.0. The Kier molecular flexibility index (Phi) is 9.64. The molecule has 2 aliphatic carbocycles. The first-order valence-electron chi connectivity index (χ1n) is 9.84. The lowest BCUT2D eigenvalue weighted by atomic mass is 9.71. The molecule has 2 fully saturated rings. The van der Waals surface area contributed by atoms with Gasteiger partial charge in [-0.2, -0.15) is 0 Å². The van der Waals surface area contributed by atoms with Crippen LogP contribution >= 0.6 is 15.2 Å². The molecular formula is C17H38N2O6P2. The third kappa shape index (κ3) is 9.51. The predicted molar refractivity (Wildman–Crippen MR) is 108 cm³/mol. The zero-order chi connectivity index (χ0) is 20.8. The van der Waals surface area contributed by atoms with Crippen molar-refractivity contribution >= 4 is 15.2 Å². The lowest BCUT2D eigenvalue weighted by Crippen LogP contribution is -2.38. The molecule has 0 saturated heterocycles. The highest BCUT2D eigenvalue weighted by Crippen LogP contribution is 2.49. The fourth-order valence-electron chi connectivity index (χ4n) is 4.76. The van der Waals surface area contributed by atoms with E-state index in [1.54, 1.807) is 0 Å². The van der Waals surface area contributed by atoms with Crippen LogP contribution in [0.25, 0.3) is 0 Å². The van der Waals surface area contributed by atoms with E-state index < -0.39 is 15.2 Å². The lowest BCUT2D eigenvalue weighted by Gasteiger charge is -2.39. The second kappa shape index (κ2) is 10.3. The molecule has 8 N–H and O–H groups in total. The first-order chi connectivity index (χ1) is 12.3. The number of hydrogen-bond acceptors (Lipinski definition) is 4. The Morgan fingerprint density at radius 1 is 0.815 bits per heavy atom. The Morgan fingerprint density at radius 2 is 1.26 bits per heavy atom. The van der Waals surface area contributed by atoms with E-state index in [-0.39, 0.29) is 23.2 Å². The van der Waals surface area contributed by atoms with Crippen LogP contribution in [0.1, 0.15) is 64.7 Å². The normalized spacial score (nSPS) is 28.9. The van der Waals surface area contributed by atoms with Gasteiger partial charge in [0.1, 0.15) is 0 Å². The van der Waals surface area contributed by atoms with Gasteiger partial charge in [-0.25, -0.2) is 0 Å². The quantitative estimate of drug-likeness (QED) is 0.351. The summed E-state index contributed by atoms with van der Waals surface area (Å²) in [6.45, 7) is 2.92. The van der Waals surface area contributed by atoms with Crippen LogP contribution < -0.4 is 11.5 Å². The zero-order valence-corrected chi connectivity index (χ0v) is 18.2. The highest BCUT2D eigenvalue weighted by atomic mass is 31.2. The van der Waals surface area contributed by atoms with E-state index in [9.17, 15) is 9.13 Å². The van der Waals surface area contributed by atoms with Crippen LogP contribution in [0.15, 0.2) is 0 Å². The molecular weight excluding hydrogens is 390 g/mol. The van der Waals surface area contributed by atoms with Crippen LogP contribution in [-0.2, 0) is 9.13 Å². The molecule has 0 heterocycles. The largest absolute Gasteiger partial charge is 0.330 e. The van der Waals surface area contributed by atoms with Crippen molar-refractivity contribution in [1.29, 1.82) is 0 Å². The van der Waals surface area contributed by atoms with Crippen LogP contribution in [0.3, 0.4) is 0 Å². The molecule has 162 valence electrons. The monoisotopic (exact) mass is 428 g/mol. The molecule has 0 radical (unpaired) electrons. The highest BCUT2D eigenvalue weighted by molar-refractivity contribution is 7.52. The van der Waals surface area contributed by atoms with Gasteiger partial charge < -0.3 is 31.0 Å². The van der Waals surface area contributed by atoms with Gasteiger partial charge in [0.05, 0.1) is 12.3 Å². The zero-order valence-electron chi connectivity index (χ0n) is 16.4. The van der Waals surface area contributed by atoms with Gasteiger partial charge in [-0.05, 0) is 55.5 Å². The Bertz CT molecular complexity index is 544. The van der Waals surface area contributed by atoms with E-state index in [0.717, 1.165) is 51.4 Å². The molecule has 0 amide bonds. The van der Waals surface area contributed by atoms with E-state index in [4.69, 9.17) is 31.0 Å². The fourth-order valence-corrected chi connectivity index (χ4v) is 7.37. The summed E-state index contributed by atoms with van der Waals surface area (Å²) in [6, 6.07) is 0. The molecule has 0 aliphatic heterocycles. The molecule has 0 unspecified atom stereocenters. The van der Waals surface area contributed by atoms with E-state index in [0.29, 0.717) is 19.0 Å². The average Bonchev–Trinajstić information content (AvgIpc) is 2.53. The lowest BCUT2D eigenvalue weighted by molar-refractivity contribution is 0.171. The summed E-state index contributed by atoms with van der Waals surface area (Å²) in [4.78, 5) is 35.9. The van der Waals surface area contributed by atoms with Gasteiger partial charge in [0.2, 0.25) is 0 Å². The molecule has 2 rings (SSSR count). The van der Waals surface area contributed by atoms with Gasteiger partial charge in [0.25, 0.3) is 0 Å². The minimum Gasteiger partial charge on any atom is -0.330 e. The van der Waals surface area contributed by atoms with E-state index >= 15 is 0 Å². The van der Waals surface area contributed by atoms with Crippen molar-refractivity contribution in [2.24, 2.45) is 28.2 Å². The fraction of sp³-hybridized carbons (Fsp3) is 1.00. The Hall–Kier alpha value is 0.220. The molecule has 0 spiro atoms. The Morgan fingerprint density at radius 3 is 1.67 bits per heavy atom. The molecule has 2 atom stereocenters. The van der Waals surface area contributed by atoms with Crippen LogP contribution in [-0.4, -0.2) is 45.0 Å². The van der Waals surface area contributed by atoms with Crippen molar-refractivity contribution < 1.29 is 28.7 Å². The van der Waals surface area contributed by atoms with Gasteiger partial charge >= 0.3 is 15.2 Å². The highest BCUT2D eigenvalue weighted by Gasteiger charge is 2.39. The summed E-state index contributed by atoms with van der Waals surface area (Å²) in [6.07, 6.45) is 8.85. The van der Waals surface area contributed by atoms with Gasteiger partial charge in [0, 0.05) is 0 Å². The molecule has 27 heavy (non-hydrogen) atoms. The Balaban J connectivity index is 0.000000271. The summed E-state index contributed by atoms with van der Waals surface area (Å²) < 4.78 is 21.9. The van der Waals surface area contributed by atoms with Crippen LogP contribution in [0, 0.1) is 16.7 Å². The summed E-state index contributed by atoms with van der Waals surface area (Å²) in [5.41, 5.74) is 10.7. The van der Waals surface area contributed by atoms with Crippen LogP contribution in [0.4, 0.5) is 0 Å².